The van der Waals surface area contributed by atoms with Gasteiger partial charge in [0.05, 0.1) is 4.90 Å². The van der Waals surface area contributed by atoms with Crippen molar-refractivity contribution in [2.45, 2.75) is 37.6 Å². The van der Waals surface area contributed by atoms with Crippen molar-refractivity contribution in [1.82, 2.24) is 4.72 Å². The second-order valence-corrected chi connectivity index (χ2v) is 8.89. The largest absolute Gasteiger partial charge is 0.312 e. The Balaban J connectivity index is 1.51. The fraction of sp³-hybridized carbons (Fsp3) is 0.350. The molecule has 1 N–H and O–H groups in total. The van der Waals surface area contributed by atoms with Crippen molar-refractivity contribution in [3.63, 3.8) is 0 Å². The lowest BCUT2D eigenvalue weighted by Crippen LogP contribution is -2.30. The van der Waals surface area contributed by atoms with E-state index >= 15 is 0 Å². The van der Waals surface area contributed by atoms with E-state index in [9.17, 15) is 13.2 Å². The summed E-state index contributed by atoms with van der Waals surface area (Å²) in [6.07, 6.45) is 2.65. The molecule has 1 heterocycles. The van der Waals surface area contributed by atoms with Crippen LogP contribution in [0.4, 0.5) is 5.69 Å². The van der Waals surface area contributed by atoms with Crippen LogP contribution in [0.15, 0.2) is 47.4 Å². The van der Waals surface area contributed by atoms with Crippen molar-refractivity contribution in [2.24, 2.45) is 5.92 Å². The lowest BCUT2D eigenvalue weighted by atomic mass is 10.1. The minimum absolute atomic E-state index is 0.167. The lowest BCUT2D eigenvalue weighted by Gasteiger charge is -2.17. The fourth-order valence-corrected chi connectivity index (χ4v) is 4.48. The number of carbonyl (C=O) groups excluding carboxylic acids is 1. The average molecular weight is 370 g/mol. The van der Waals surface area contributed by atoms with Gasteiger partial charge in [-0.2, -0.15) is 0 Å². The number of carbonyl (C=O) groups is 1. The highest BCUT2D eigenvalue weighted by molar-refractivity contribution is 7.89. The first-order chi connectivity index (χ1) is 12.4. The van der Waals surface area contributed by atoms with E-state index in [1.165, 1.54) is 0 Å². The molecule has 2 aromatic carbocycles. The predicted octanol–water partition coefficient (Wildman–Crippen LogP) is 2.77. The normalized spacial score (nSPS) is 16.6. The molecule has 0 saturated heterocycles. The van der Waals surface area contributed by atoms with E-state index in [4.69, 9.17) is 0 Å². The topological polar surface area (TPSA) is 66.5 Å². The molecule has 1 aliphatic carbocycles. The third-order valence-electron chi connectivity index (χ3n) is 5.00. The Kier molecular flexibility index (Phi) is 4.32. The maximum atomic E-state index is 12.6. The number of hydrogen-bond acceptors (Lipinski definition) is 3. The van der Waals surface area contributed by atoms with Gasteiger partial charge >= 0.3 is 0 Å². The molecule has 0 aromatic heterocycles. The Hall–Kier alpha value is -2.18. The van der Waals surface area contributed by atoms with Gasteiger partial charge in [0, 0.05) is 24.7 Å². The lowest BCUT2D eigenvalue weighted by molar-refractivity contribution is -0.119. The van der Waals surface area contributed by atoms with Crippen LogP contribution < -0.4 is 9.62 Å². The summed E-state index contributed by atoms with van der Waals surface area (Å²) in [5, 5.41) is 0. The van der Waals surface area contributed by atoms with Gasteiger partial charge in [-0.3, -0.25) is 4.79 Å². The van der Waals surface area contributed by atoms with Crippen molar-refractivity contribution in [3.8, 4) is 0 Å². The number of rotatable bonds is 5. The first-order valence-corrected chi connectivity index (χ1v) is 10.4. The third kappa shape index (κ3) is 3.39. The zero-order valence-electron chi connectivity index (χ0n) is 14.7. The summed E-state index contributed by atoms with van der Waals surface area (Å²) in [6.45, 7) is 2.88. The second-order valence-electron chi connectivity index (χ2n) is 7.12. The van der Waals surface area contributed by atoms with E-state index in [0.29, 0.717) is 13.0 Å². The van der Waals surface area contributed by atoms with E-state index in [1.54, 1.807) is 18.2 Å². The Morgan fingerprint density at radius 1 is 1.19 bits per heavy atom. The Morgan fingerprint density at radius 3 is 2.73 bits per heavy atom. The third-order valence-corrected chi connectivity index (χ3v) is 6.40. The Bertz CT molecular complexity index is 965. The number of benzene rings is 2. The van der Waals surface area contributed by atoms with Gasteiger partial charge in [-0.15, -0.1) is 0 Å². The molecule has 5 nitrogen and oxygen atoms in total. The molecule has 0 spiro atoms. The summed E-state index contributed by atoms with van der Waals surface area (Å²) < 4.78 is 27.9. The maximum absolute atomic E-state index is 12.6. The monoisotopic (exact) mass is 370 g/mol. The van der Waals surface area contributed by atoms with E-state index < -0.39 is 10.0 Å². The van der Waals surface area contributed by atoms with Gasteiger partial charge in [0.25, 0.3) is 0 Å². The van der Waals surface area contributed by atoms with Gasteiger partial charge < -0.3 is 4.90 Å². The predicted molar refractivity (Wildman–Crippen MR) is 100 cm³/mol. The van der Waals surface area contributed by atoms with Crippen LogP contribution in [0.1, 0.15) is 29.5 Å². The number of anilines is 1. The highest BCUT2D eigenvalue weighted by Gasteiger charge is 2.36. The molecule has 6 heteroatoms. The summed E-state index contributed by atoms with van der Waals surface area (Å²) in [5.74, 6) is 0.345. The van der Waals surface area contributed by atoms with Crippen molar-refractivity contribution in [2.75, 3.05) is 11.4 Å². The number of fused-ring (bicyclic) bond motifs is 1. The standard InChI is InChI=1S/C20H22N2O3S/c1-14-3-2-4-15(11-14)13-21-26(24,25)18-7-8-19-17(12-18)9-10-22(19)20(23)16-5-6-16/h2-4,7-8,11-12,16,21H,5-6,9-10,13H2,1H3. The highest BCUT2D eigenvalue weighted by atomic mass is 32.2. The highest BCUT2D eigenvalue weighted by Crippen LogP contribution is 2.37. The second kappa shape index (κ2) is 6.52. The average Bonchev–Trinajstić information content (AvgIpc) is 3.38. The molecule has 1 saturated carbocycles. The summed E-state index contributed by atoms with van der Waals surface area (Å²) >= 11 is 0. The molecule has 26 heavy (non-hydrogen) atoms. The molecule has 0 radical (unpaired) electrons. The molecule has 2 aliphatic rings. The van der Waals surface area contributed by atoms with Crippen LogP contribution in [0, 0.1) is 12.8 Å². The molecule has 2 aromatic rings. The summed E-state index contributed by atoms with van der Waals surface area (Å²) in [5.41, 5.74) is 3.81. The Morgan fingerprint density at radius 2 is 2.00 bits per heavy atom. The van der Waals surface area contributed by atoms with E-state index in [-0.39, 0.29) is 23.3 Å². The van der Waals surface area contributed by atoms with Crippen molar-refractivity contribution in [1.29, 1.82) is 0 Å². The molecular weight excluding hydrogens is 348 g/mol. The van der Waals surface area contributed by atoms with Crippen molar-refractivity contribution >= 4 is 21.6 Å². The first kappa shape index (κ1) is 17.2. The zero-order valence-corrected chi connectivity index (χ0v) is 15.6. The van der Waals surface area contributed by atoms with Crippen LogP contribution >= 0.6 is 0 Å². The van der Waals surface area contributed by atoms with Crippen LogP contribution in [0.5, 0.6) is 0 Å². The molecule has 1 aliphatic heterocycles. The van der Waals surface area contributed by atoms with Crippen molar-refractivity contribution in [3.05, 3.63) is 59.2 Å². The number of nitrogens with one attached hydrogen (secondary N) is 1. The smallest absolute Gasteiger partial charge is 0.240 e. The van der Waals surface area contributed by atoms with Crippen molar-refractivity contribution < 1.29 is 13.2 Å². The van der Waals surface area contributed by atoms with Crippen LogP contribution in [-0.2, 0) is 27.8 Å². The van der Waals surface area contributed by atoms with E-state index in [2.05, 4.69) is 4.72 Å². The molecule has 1 fully saturated rings. The van der Waals surface area contributed by atoms with Gasteiger partial charge in [-0.25, -0.2) is 13.1 Å². The zero-order chi connectivity index (χ0) is 18.3. The summed E-state index contributed by atoms with van der Waals surface area (Å²) in [7, 11) is -3.59. The van der Waals surface area contributed by atoms with Gasteiger partial charge in [-0.05, 0) is 55.5 Å². The maximum Gasteiger partial charge on any atom is 0.240 e. The van der Waals surface area contributed by atoms with E-state index in [1.807, 2.05) is 36.1 Å². The molecule has 0 atom stereocenters. The molecule has 136 valence electrons. The van der Waals surface area contributed by atoms with Gasteiger partial charge in [0.2, 0.25) is 15.9 Å². The minimum atomic E-state index is -3.59. The summed E-state index contributed by atoms with van der Waals surface area (Å²) in [4.78, 5) is 14.4. The number of sulfonamides is 1. The number of nitrogens with zero attached hydrogens (tertiary/aromatic N) is 1. The summed E-state index contributed by atoms with van der Waals surface area (Å²) in [6, 6.07) is 12.8. The SMILES string of the molecule is Cc1cccc(CNS(=O)(=O)c2ccc3c(c2)CCN3C(=O)C2CC2)c1. The molecule has 1 amide bonds. The van der Waals surface area contributed by atoms with Gasteiger partial charge in [0.1, 0.15) is 0 Å². The number of hydrogen-bond donors (Lipinski definition) is 1. The first-order valence-electron chi connectivity index (χ1n) is 8.93. The number of aryl methyl sites for hydroxylation is 1. The molecule has 0 unspecified atom stereocenters. The Labute approximate surface area is 154 Å². The fourth-order valence-electron chi connectivity index (χ4n) is 3.41. The van der Waals surface area contributed by atoms with Gasteiger partial charge in [-0.1, -0.05) is 29.8 Å². The quantitative estimate of drug-likeness (QED) is 0.880. The van der Waals surface area contributed by atoms with Crippen LogP contribution in [0.3, 0.4) is 0 Å². The van der Waals surface area contributed by atoms with Crippen LogP contribution in [0.2, 0.25) is 0 Å². The van der Waals surface area contributed by atoms with Gasteiger partial charge in [0.15, 0.2) is 0 Å². The van der Waals surface area contributed by atoms with Crippen LogP contribution in [0.25, 0.3) is 0 Å². The molecule has 4 rings (SSSR count). The molecule has 0 bridgehead atoms. The van der Waals surface area contributed by atoms with Crippen LogP contribution in [-0.4, -0.2) is 20.9 Å². The molecular formula is C20H22N2O3S. The number of amides is 1. The van der Waals surface area contributed by atoms with E-state index in [0.717, 1.165) is 35.2 Å². The minimum Gasteiger partial charge on any atom is -0.312 e.